The Hall–Kier alpha value is -2.14. The lowest BCUT2D eigenvalue weighted by Gasteiger charge is -2.08. The smallest absolute Gasteiger partial charge is 0.267 e. The van der Waals surface area contributed by atoms with Gasteiger partial charge in [-0.05, 0) is 12.1 Å². The molecule has 96 valence electrons. The van der Waals surface area contributed by atoms with Crippen LogP contribution >= 0.6 is 11.6 Å². The summed E-state index contributed by atoms with van der Waals surface area (Å²) in [4.78, 5) is 17.0. The van der Waals surface area contributed by atoms with Gasteiger partial charge in [-0.15, -0.1) is 11.6 Å². The second kappa shape index (κ2) is 4.51. The number of benzene rings is 1. The molecule has 19 heavy (non-hydrogen) atoms. The van der Waals surface area contributed by atoms with Crippen LogP contribution in [0.15, 0.2) is 41.3 Å². The van der Waals surface area contributed by atoms with Gasteiger partial charge in [0.05, 0.1) is 16.8 Å². The number of aromatic nitrogens is 4. The summed E-state index contributed by atoms with van der Waals surface area (Å²) >= 11 is 5.90. The number of halogens is 1. The van der Waals surface area contributed by atoms with Crippen molar-refractivity contribution in [1.29, 1.82) is 0 Å². The molecular formula is C13H11ClN4O. The number of hydrogen-bond donors (Lipinski definition) is 0. The molecule has 0 amide bonds. The predicted molar refractivity (Wildman–Crippen MR) is 73.7 cm³/mol. The van der Waals surface area contributed by atoms with Gasteiger partial charge in [0.1, 0.15) is 5.82 Å². The molecule has 0 aliphatic carbocycles. The maximum Gasteiger partial charge on any atom is 0.267 e. The van der Waals surface area contributed by atoms with E-state index >= 15 is 0 Å². The molecule has 0 saturated heterocycles. The minimum atomic E-state index is -0.153. The lowest BCUT2D eigenvalue weighted by atomic mass is 10.2. The third-order valence-electron chi connectivity index (χ3n) is 2.89. The Balaban J connectivity index is 2.40. The zero-order valence-electron chi connectivity index (χ0n) is 10.2. The Morgan fingerprint density at radius 1 is 1.26 bits per heavy atom. The minimum absolute atomic E-state index is 0.149. The second-order valence-corrected chi connectivity index (χ2v) is 4.43. The highest BCUT2D eigenvalue weighted by Gasteiger charge is 2.13. The Bertz CT molecular complexity index is 806. The van der Waals surface area contributed by atoms with E-state index in [2.05, 4.69) is 10.1 Å². The van der Waals surface area contributed by atoms with Crippen molar-refractivity contribution < 1.29 is 0 Å². The van der Waals surface area contributed by atoms with Gasteiger partial charge >= 0.3 is 0 Å². The van der Waals surface area contributed by atoms with E-state index in [1.807, 2.05) is 12.1 Å². The summed E-state index contributed by atoms with van der Waals surface area (Å²) in [6.07, 6.45) is 1.77. The van der Waals surface area contributed by atoms with E-state index in [9.17, 15) is 4.79 Å². The zero-order valence-corrected chi connectivity index (χ0v) is 11.0. The standard InChI is InChI=1S/C13H11ClN4O/c1-17-7-6-11(16-17)18-12(8-14)15-10-5-3-2-4-9(10)13(18)19/h2-7H,8H2,1H3. The van der Waals surface area contributed by atoms with Crippen LogP contribution in [0.5, 0.6) is 0 Å². The Kier molecular flexibility index (Phi) is 2.83. The molecule has 2 heterocycles. The molecule has 0 unspecified atom stereocenters. The van der Waals surface area contributed by atoms with Gasteiger partial charge in [0.2, 0.25) is 0 Å². The highest BCUT2D eigenvalue weighted by molar-refractivity contribution is 6.16. The summed E-state index contributed by atoms with van der Waals surface area (Å²) in [5.41, 5.74) is 0.496. The first-order valence-corrected chi connectivity index (χ1v) is 6.31. The Labute approximate surface area is 114 Å². The summed E-state index contributed by atoms with van der Waals surface area (Å²) in [6, 6.07) is 8.97. The van der Waals surface area contributed by atoms with E-state index in [0.29, 0.717) is 22.5 Å². The van der Waals surface area contributed by atoms with Gasteiger partial charge in [-0.1, -0.05) is 12.1 Å². The van der Waals surface area contributed by atoms with Crippen molar-refractivity contribution >= 4 is 22.5 Å². The van der Waals surface area contributed by atoms with E-state index < -0.39 is 0 Å². The minimum Gasteiger partial charge on any atom is -0.274 e. The van der Waals surface area contributed by atoms with Crippen LogP contribution in [-0.4, -0.2) is 19.3 Å². The van der Waals surface area contributed by atoms with Crippen LogP contribution in [0.4, 0.5) is 0 Å². The van der Waals surface area contributed by atoms with Gasteiger partial charge in [-0.25, -0.2) is 9.55 Å². The number of rotatable bonds is 2. The fourth-order valence-electron chi connectivity index (χ4n) is 2.03. The van der Waals surface area contributed by atoms with Gasteiger partial charge in [0.15, 0.2) is 5.82 Å². The van der Waals surface area contributed by atoms with Crippen molar-refractivity contribution in [3.05, 3.63) is 52.7 Å². The van der Waals surface area contributed by atoms with E-state index in [-0.39, 0.29) is 11.4 Å². The number of para-hydroxylation sites is 1. The first-order valence-electron chi connectivity index (χ1n) is 5.77. The zero-order chi connectivity index (χ0) is 13.4. The van der Waals surface area contributed by atoms with Crippen LogP contribution in [-0.2, 0) is 12.9 Å². The fraction of sp³-hybridized carbons (Fsp3) is 0.154. The maximum absolute atomic E-state index is 12.5. The van der Waals surface area contributed by atoms with Crippen LogP contribution in [0.25, 0.3) is 16.7 Å². The normalized spacial score (nSPS) is 11.1. The second-order valence-electron chi connectivity index (χ2n) is 4.17. The van der Waals surface area contributed by atoms with Crippen molar-refractivity contribution in [2.75, 3.05) is 0 Å². The molecule has 3 rings (SSSR count). The lowest BCUT2D eigenvalue weighted by Crippen LogP contribution is -2.23. The third kappa shape index (κ3) is 1.92. The molecule has 5 nitrogen and oxygen atoms in total. The van der Waals surface area contributed by atoms with E-state index in [1.165, 1.54) is 4.57 Å². The van der Waals surface area contributed by atoms with Crippen molar-refractivity contribution in [2.45, 2.75) is 5.88 Å². The van der Waals surface area contributed by atoms with Crippen LogP contribution in [0, 0.1) is 0 Å². The SMILES string of the molecule is Cn1ccc(-n2c(CCl)nc3ccccc3c2=O)n1. The van der Waals surface area contributed by atoms with E-state index in [1.54, 1.807) is 36.1 Å². The van der Waals surface area contributed by atoms with Crippen molar-refractivity contribution in [1.82, 2.24) is 19.3 Å². The van der Waals surface area contributed by atoms with Crippen LogP contribution in [0.2, 0.25) is 0 Å². The largest absolute Gasteiger partial charge is 0.274 e. The molecule has 0 aliphatic rings. The summed E-state index contributed by atoms with van der Waals surface area (Å²) in [5.74, 6) is 1.17. The number of hydrogen-bond acceptors (Lipinski definition) is 3. The Morgan fingerprint density at radius 2 is 2.05 bits per heavy atom. The van der Waals surface area contributed by atoms with Crippen LogP contribution in [0.1, 0.15) is 5.82 Å². The number of alkyl halides is 1. The quantitative estimate of drug-likeness (QED) is 0.670. The molecule has 1 aromatic carbocycles. The van der Waals surface area contributed by atoms with Crippen molar-refractivity contribution in [3.8, 4) is 5.82 Å². The molecule has 0 bridgehead atoms. The van der Waals surface area contributed by atoms with E-state index in [4.69, 9.17) is 11.6 Å². The van der Waals surface area contributed by atoms with Gasteiger partial charge in [0.25, 0.3) is 5.56 Å². The van der Waals surface area contributed by atoms with Crippen molar-refractivity contribution in [2.24, 2.45) is 7.05 Å². The summed E-state index contributed by atoms with van der Waals surface area (Å²) < 4.78 is 3.09. The first kappa shape index (κ1) is 11.9. The predicted octanol–water partition coefficient (Wildman–Crippen LogP) is 1.86. The summed E-state index contributed by atoms with van der Waals surface area (Å²) in [5, 5.41) is 4.80. The number of nitrogens with zero attached hydrogens (tertiary/aromatic N) is 4. The van der Waals surface area contributed by atoms with Gasteiger partial charge < -0.3 is 0 Å². The number of fused-ring (bicyclic) bond motifs is 1. The van der Waals surface area contributed by atoms with Crippen LogP contribution < -0.4 is 5.56 Å². The molecule has 2 aromatic heterocycles. The van der Waals surface area contributed by atoms with Crippen molar-refractivity contribution in [3.63, 3.8) is 0 Å². The molecule has 0 atom stereocenters. The topological polar surface area (TPSA) is 52.7 Å². The van der Waals surface area contributed by atoms with Gasteiger partial charge in [-0.2, -0.15) is 5.10 Å². The lowest BCUT2D eigenvalue weighted by molar-refractivity contribution is 0.736. The molecular weight excluding hydrogens is 264 g/mol. The molecule has 0 aliphatic heterocycles. The van der Waals surface area contributed by atoms with Crippen LogP contribution in [0.3, 0.4) is 0 Å². The molecule has 3 aromatic rings. The fourth-order valence-corrected chi connectivity index (χ4v) is 2.21. The highest BCUT2D eigenvalue weighted by Crippen LogP contribution is 2.12. The van der Waals surface area contributed by atoms with Gasteiger partial charge in [-0.3, -0.25) is 9.48 Å². The number of aryl methyl sites for hydroxylation is 1. The molecule has 0 N–H and O–H groups in total. The maximum atomic E-state index is 12.5. The Morgan fingerprint density at radius 3 is 2.74 bits per heavy atom. The van der Waals surface area contributed by atoms with E-state index in [0.717, 1.165) is 0 Å². The monoisotopic (exact) mass is 274 g/mol. The average Bonchev–Trinajstić information content (AvgIpc) is 2.84. The third-order valence-corrected chi connectivity index (χ3v) is 3.13. The first-order chi connectivity index (χ1) is 9.20. The molecule has 0 fully saturated rings. The molecule has 0 spiro atoms. The molecule has 0 radical (unpaired) electrons. The average molecular weight is 275 g/mol. The molecule has 0 saturated carbocycles. The van der Waals surface area contributed by atoms with Gasteiger partial charge in [0, 0.05) is 19.3 Å². The summed E-state index contributed by atoms with van der Waals surface area (Å²) in [6.45, 7) is 0. The highest BCUT2D eigenvalue weighted by atomic mass is 35.5. The summed E-state index contributed by atoms with van der Waals surface area (Å²) in [7, 11) is 1.80. The molecule has 6 heteroatoms.